The average Bonchev–Trinajstić information content (AvgIpc) is 2.48. The van der Waals surface area contributed by atoms with Crippen LogP contribution in [0, 0.1) is 0 Å². The Kier molecular flexibility index (Phi) is 20.0. The Morgan fingerprint density at radius 2 is 1.50 bits per heavy atom. The zero-order valence-electron chi connectivity index (χ0n) is 7.41. The zero-order valence-corrected chi connectivity index (χ0v) is 7.41. The fourth-order valence-electron chi connectivity index (χ4n) is 0.625. The van der Waals surface area contributed by atoms with Crippen LogP contribution in [0.3, 0.4) is 0 Å². The second kappa shape index (κ2) is 15.9. The molecule has 3 heteroatoms. The summed E-state index contributed by atoms with van der Waals surface area (Å²) >= 11 is 0. The van der Waals surface area contributed by atoms with Crippen LogP contribution in [0.2, 0.25) is 0 Å². The molecule has 4 N–H and O–H groups in total. The van der Waals surface area contributed by atoms with Crippen molar-refractivity contribution in [1.29, 1.82) is 0 Å². The van der Waals surface area contributed by atoms with E-state index in [4.69, 9.17) is 0 Å². The number of hydrazine groups is 1. The molecule has 0 aromatic carbocycles. The first-order chi connectivity index (χ1) is 4.91. The van der Waals surface area contributed by atoms with Gasteiger partial charge in [-0.2, -0.15) is 0 Å². The van der Waals surface area contributed by atoms with Gasteiger partial charge in [0.25, 0.3) is 0 Å². The molecule has 1 aliphatic heterocycles. The number of rotatable bonds is 0. The van der Waals surface area contributed by atoms with E-state index in [-0.39, 0.29) is 0 Å². The van der Waals surface area contributed by atoms with Crippen molar-refractivity contribution in [1.82, 2.24) is 10.7 Å². The predicted octanol–water partition coefficient (Wildman–Crippen LogP) is 0.476. The van der Waals surface area contributed by atoms with Gasteiger partial charge in [0.2, 0.25) is 0 Å². The Balaban J connectivity index is 0. The number of hydrogen-bond acceptors (Lipinski definition) is 3. The summed E-state index contributed by atoms with van der Waals surface area (Å²) in [6, 6.07) is 0. The van der Waals surface area contributed by atoms with Gasteiger partial charge in [0.05, 0.1) is 0 Å². The van der Waals surface area contributed by atoms with Gasteiger partial charge in [-0.15, -0.1) is 0 Å². The minimum atomic E-state index is 1.25. The number of nitrogens with one attached hydrogen (secondary N) is 2. The molecular formula is C7H21N3. The molecule has 1 fully saturated rings. The Hall–Kier alpha value is -0.120. The van der Waals surface area contributed by atoms with Gasteiger partial charge in [-0.1, -0.05) is 13.8 Å². The molecule has 1 aliphatic rings. The lowest BCUT2D eigenvalue weighted by molar-refractivity contribution is 0.857. The second-order valence-corrected chi connectivity index (χ2v) is 1.75. The Morgan fingerprint density at radius 3 is 1.60 bits per heavy atom. The first kappa shape index (κ1) is 12.5. The van der Waals surface area contributed by atoms with Gasteiger partial charge in [-0.3, -0.25) is 11.3 Å². The number of hydrogen-bond donors (Lipinski definition) is 3. The zero-order chi connectivity index (χ0) is 8.24. The first-order valence-electron chi connectivity index (χ1n) is 4.00. The second-order valence-electron chi connectivity index (χ2n) is 1.75. The molecule has 0 unspecified atom stereocenters. The molecule has 0 aromatic heterocycles. The van der Waals surface area contributed by atoms with Crippen molar-refractivity contribution in [3.8, 4) is 0 Å². The van der Waals surface area contributed by atoms with Gasteiger partial charge in [-0.25, -0.2) is 0 Å². The summed E-state index contributed by atoms with van der Waals surface area (Å²) in [7, 11) is 1.65. The highest BCUT2D eigenvalue weighted by Gasteiger charge is 1.93. The molecule has 0 bridgehead atoms. The molecular weight excluding hydrogens is 126 g/mol. The third-order valence-electron chi connectivity index (χ3n) is 0.957. The summed E-state index contributed by atoms with van der Waals surface area (Å²) in [5, 5.41) is 3.22. The summed E-state index contributed by atoms with van der Waals surface area (Å²) in [6.07, 6.45) is 2.78. The number of nitrogens with two attached hydrogens (primary N) is 1. The molecule has 0 aliphatic carbocycles. The Bertz CT molecular complexity index is 28.2. The van der Waals surface area contributed by atoms with E-state index in [1.807, 2.05) is 13.8 Å². The average molecular weight is 147 g/mol. The quantitative estimate of drug-likeness (QED) is 0.345. The largest absolute Gasteiger partial charge is 0.317 e. The molecule has 0 amide bonds. The van der Waals surface area contributed by atoms with Crippen molar-refractivity contribution in [2.45, 2.75) is 26.7 Å². The lowest BCUT2D eigenvalue weighted by Crippen LogP contribution is -2.13. The Morgan fingerprint density at radius 1 is 1.20 bits per heavy atom. The van der Waals surface area contributed by atoms with Crippen LogP contribution in [0.5, 0.6) is 0 Å². The van der Waals surface area contributed by atoms with E-state index in [2.05, 4.69) is 16.6 Å². The first-order valence-corrected chi connectivity index (χ1v) is 4.00. The molecule has 0 saturated carbocycles. The summed E-state index contributed by atoms with van der Waals surface area (Å²) in [5.74, 6) is 4.60. The van der Waals surface area contributed by atoms with Crippen LogP contribution in [0.1, 0.15) is 26.7 Å². The lowest BCUT2D eigenvalue weighted by Gasteiger charge is -1.76. The normalized spacial score (nSPS) is 14.4. The molecule has 0 spiro atoms. The van der Waals surface area contributed by atoms with Gasteiger partial charge >= 0.3 is 0 Å². The fourth-order valence-corrected chi connectivity index (χ4v) is 0.625. The molecule has 3 nitrogen and oxygen atoms in total. The van der Waals surface area contributed by atoms with Crippen LogP contribution in [0.25, 0.3) is 0 Å². The maximum absolute atomic E-state index is 4.60. The molecule has 64 valence electrons. The summed E-state index contributed by atoms with van der Waals surface area (Å²) in [6.45, 7) is 6.50. The van der Waals surface area contributed by atoms with E-state index in [0.717, 1.165) is 0 Å². The standard InChI is InChI=1S/C4H9N.C2H6.CH6N2/c1-2-4-5-3-1;1-2;1-3-2/h5H,1-4H2;1-2H3;3H,2H2,1H3. The predicted molar refractivity (Wildman–Crippen MR) is 46.7 cm³/mol. The van der Waals surface area contributed by atoms with Crippen LogP contribution in [-0.2, 0) is 0 Å². The van der Waals surface area contributed by atoms with Crippen LogP contribution >= 0.6 is 0 Å². The van der Waals surface area contributed by atoms with Crippen LogP contribution in [0.15, 0.2) is 0 Å². The van der Waals surface area contributed by atoms with E-state index >= 15 is 0 Å². The van der Waals surface area contributed by atoms with E-state index in [1.54, 1.807) is 7.05 Å². The Labute approximate surface area is 64.3 Å². The van der Waals surface area contributed by atoms with Crippen LogP contribution < -0.4 is 16.6 Å². The van der Waals surface area contributed by atoms with Gasteiger partial charge in [0, 0.05) is 0 Å². The maximum Gasteiger partial charge on any atom is -0.00172 e. The topological polar surface area (TPSA) is 50.1 Å². The monoisotopic (exact) mass is 147 g/mol. The van der Waals surface area contributed by atoms with Crippen molar-refractivity contribution < 1.29 is 0 Å². The SMILES string of the molecule is C1CCNC1.CC.CNN. The highest BCUT2D eigenvalue weighted by Crippen LogP contribution is 1.90. The van der Waals surface area contributed by atoms with Crippen molar-refractivity contribution in [2.75, 3.05) is 20.1 Å². The molecule has 0 atom stereocenters. The molecule has 0 radical (unpaired) electrons. The van der Waals surface area contributed by atoms with Gasteiger partial charge < -0.3 is 5.32 Å². The van der Waals surface area contributed by atoms with Crippen LogP contribution in [-0.4, -0.2) is 20.1 Å². The molecule has 1 saturated heterocycles. The van der Waals surface area contributed by atoms with Crippen molar-refractivity contribution in [2.24, 2.45) is 5.84 Å². The van der Waals surface area contributed by atoms with Gasteiger partial charge in [0.1, 0.15) is 0 Å². The fraction of sp³-hybridized carbons (Fsp3) is 1.00. The van der Waals surface area contributed by atoms with E-state index in [0.29, 0.717) is 0 Å². The third kappa shape index (κ3) is 15.7. The smallest absolute Gasteiger partial charge is 0.00172 e. The van der Waals surface area contributed by atoms with E-state index < -0.39 is 0 Å². The molecule has 1 rings (SSSR count). The van der Waals surface area contributed by atoms with Gasteiger partial charge in [0.15, 0.2) is 0 Å². The van der Waals surface area contributed by atoms with E-state index in [9.17, 15) is 0 Å². The summed E-state index contributed by atoms with van der Waals surface area (Å²) in [4.78, 5) is 0. The minimum Gasteiger partial charge on any atom is -0.317 e. The minimum absolute atomic E-state index is 1.25. The van der Waals surface area contributed by atoms with Crippen molar-refractivity contribution in [3.05, 3.63) is 0 Å². The third-order valence-corrected chi connectivity index (χ3v) is 0.957. The summed E-state index contributed by atoms with van der Waals surface area (Å²) in [5.41, 5.74) is 2.25. The molecule has 10 heavy (non-hydrogen) atoms. The van der Waals surface area contributed by atoms with Crippen molar-refractivity contribution >= 4 is 0 Å². The highest BCUT2D eigenvalue weighted by molar-refractivity contribution is 4.55. The summed E-state index contributed by atoms with van der Waals surface area (Å²) < 4.78 is 0. The molecule has 1 heterocycles. The molecule has 0 aromatic rings. The highest BCUT2D eigenvalue weighted by atomic mass is 15.2. The lowest BCUT2D eigenvalue weighted by atomic mass is 10.4. The van der Waals surface area contributed by atoms with Crippen molar-refractivity contribution in [3.63, 3.8) is 0 Å². The van der Waals surface area contributed by atoms with Gasteiger partial charge in [-0.05, 0) is 33.0 Å². The van der Waals surface area contributed by atoms with E-state index in [1.165, 1.54) is 25.9 Å². The van der Waals surface area contributed by atoms with Crippen LogP contribution in [0.4, 0.5) is 0 Å². The maximum atomic E-state index is 4.60.